The van der Waals surface area contributed by atoms with E-state index in [0.29, 0.717) is 19.3 Å². The van der Waals surface area contributed by atoms with Crippen molar-refractivity contribution in [1.29, 1.82) is 0 Å². The summed E-state index contributed by atoms with van der Waals surface area (Å²) in [5.74, 6) is -2.31. The molecule has 0 saturated heterocycles. The van der Waals surface area contributed by atoms with Crippen molar-refractivity contribution in [2.24, 2.45) is 29.1 Å². The molecule has 4 heteroatoms. The monoisotopic (exact) mass is 286 g/mol. The lowest BCUT2D eigenvalue weighted by atomic mass is 9.64. The van der Waals surface area contributed by atoms with Gasteiger partial charge in [-0.05, 0) is 37.0 Å². The van der Waals surface area contributed by atoms with Crippen LogP contribution in [-0.4, -0.2) is 22.2 Å². The van der Waals surface area contributed by atoms with E-state index in [4.69, 9.17) is 0 Å². The molecule has 1 atom stereocenters. The van der Waals surface area contributed by atoms with Crippen molar-refractivity contribution in [2.45, 2.75) is 60.8 Å². The number of carbonyl (C=O) groups is 2. The van der Waals surface area contributed by atoms with Gasteiger partial charge in [-0.25, -0.2) is 0 Å². The van der Waals surface area contributed by atoms with E-state index in [2.05, 4.69) is 0 Å². The molecular formula is C16H30O4. The minimum absolute atomic E-state index is 0.152. The van der Waals surface area contributed by atoms with Gasteiger partial charge < -0.3 is 10.2 Å². The Kier molecular flexibility index (Phi) is 7.25. The van der Waals surface area contributed by atoms with E-state index in [9.17, 15) is 19.8 Å². The van der Waals surface area contributed by atoms with Crippen molar-refractivity contribution in [3.05, 3.63) is 0 Å². The number of hydrogen-bond donors (Lipinski definition) is 2. The lowest BCUT2D eigenvalue weighted by Gasteiger charge is -2.38. The Labute approximate surface area is 122 Å². The van der Waals surface area contributed by atoms with Gasteiger partial charge in [0.05, 0.1) is 11.3 Å². The Bertz CT molecular complexity index is 321. The molecule has 0 aromatic rings. The van der Waals surface area contributed by atoms with Gasteiger partial charge in [0.25, 0.3) is 0 Å². The highest BCUT2D eigenvalue weighted by Gasteiger charge is 2.49. The first kappa shape index (κ1) is 18.9. The SMILES string of the molecule is CC(C)CC(C(=O)O)C(CC(C)C)(CC(C)C)C(=O)O. The molecule has 0 aromatic carbocycles. The maximum absolute atomic E-state index is 12.0. The quantitative estimate of drug-likeness (QED) is 0.674. The van der Waals surface area contributed by atoms with E-state index >= 15 is 0 Å². The minimum Gasteiger partial charge on any atom is -0.481 e. The van der Waals surface area contributed by atoms with Gasteiger partial charge in [-0.3, -0.25) is 9.59 Å². The summed E-state index contributed by atoms with van der Waals surface area (Å²) in [6.07, 6.45) is 1.22. The molecule has 0 saturated carbocycles. The molecule has 0 radical (unpaired) electrons. The smallest absolute Gasteiger partial charge is 0.310 e. The minimum atomic E-state index is -1.17. The first-order valence-electron chi connectivity index (χ1n) is 7.49. The molecular weight excluding hydrogens is 256 g/mol. The third-order valence-electron chi connectivity index (χ3n) is 3.64. The number of carboxylic acid groups (broad SMARTS) is 2. The normalized spacial score (nSPS) is 14.1. The van der Waals surface area contributed by atoms with Gasteiger partial charge in [0, 0.05) is 0 Å². The van der Waals surface area contributed by atoms with Crippen LogP contribution in [0.25, 0.3) is 0 Å². The van der Waals surface area contributed by atoms with E-state index in [-0.39, 0.29) is 17.8 Å². The molecule has 0 aliphatic carbocycles. The van der Waals surface area contributed by atoms with Gasteiger partial charge in [-0.15, -0.1) is 0 Å². The van der Waals surface area contributed by atoms with E-state index in [0.717, 1.165) is 0 Å². The summed E-state index contributed by atoms with van der Waals surface area (Å²) in [7, 11) is 0. The van der Waals surface area contributed by atoms with Crippen molar-refractivity contribution >= 4 is 11.9 Å². The second-order valence-corrected chi connectivity index (χ2v) is 7.18. The predicted molar refractivity (Wildman–Crippen MR) is 79.6 cm³/mol. The second kappa shape index (κ2) is 7.65. The molecule has 0 aliphatic rings. The molecule has 4 nitrogen and oxygen atoms in total. The summed E-state index contributed by atoms with van der Waals surface area (Å²) in [6, 6.07) is 0. The van der Waals surface area contributed by atoms with E-state index in [1.165, 1.54) is 0 Å². The molecule has 0 aliphatic heterocycles. The fourth-order valence-electron chi connectivity index (χ4n) is 3.18. The molecule has 0 rings (SSSR count). The fourth-order valence-corrected chi connectivity index (χ4v) is 3.18. The van der Waals surface area contributed by atoms with Gasteiger partial charge in [-0.1, -0.05) is 41.5 Å². The zero-order chi connectivity index (χ0) is 16.1. The van der Waals surface area contributed by atoms with Gasteiger partial charge in [0.15, 0.2) is 0 Å². The van der Waals surface area contributed by atoms with Crippen LogP contribution in [0.1, 0.15) is 60.8 Å². The van der Waals surface area contributed by atoms with E-state index in [1.54, 1.807) is 0 Å². The fraction of sp³-hybridized carbons (Fsp3) is 0.875. The summed E-state index contributed by atoms with van der Waals surface area (Å²) < 4.78 is 0. The lowest BCUT2D eigenvalue weighted by Crippen LogP contribution is -2.45. The van der Waals surface area contributed by atoms with E-state index in [1.807, 2.05) is 41.5 Å². The Morgan fingerprint density at radius 2 is 1.25 bits per heavy atom. The third kappa shape index (κ3) is 5.14. The van der Waals surface area contributed by atoms with Crippen LogP contribution in [-0.2, 0) is 9.59 Å². The number of carboxylic acids is 2. The van der Waals surface area contributed by atoms with Gasteiger partial charge in [0.2, 0.25) is 0 Å². The number of hydrogen-bond acceptors (Lipinski definition) is 2. The van der Waals surface area contributed by atoms with Gasteiger partial charge in [-0.2, -0.15) is 0 Å². The maximum Gasteiger partial charge on any atom is 0.310 e. The predicted octanol–water partition coefficient (Wildman–Crippen LogP) is 3.90. The maximum atomic E-state index is 12.0. The lowest BCUT2D eigenvalue weighted by molar-refractivity contribution is -0.166. The van der Waals surface area contributed by atoms with Crippen LogP contribution < -0.4 is 0 Å². The van der Waals surface area contributed by atoms with Crippen LogP contribution in [0.5, 0.6) is 0 Å². The Hall–Kier alpha value is -1.06. The molecule has 2 N–H and O–H groups in total. The highest BCUT2D eigenvalue weighted by Crippen LogP contribution is 2.44. The molecule has 0 bridgehead atoms. The van der Waals surface area contributed by atoms with Crippen molar-refractivity contribution in [3.63, 3.8) is 0 Å². The van der Waals surface area contributed by atoms with Crippen LogP contribution in [0, 0.1) is 29.1 Å². The average Bonchev–Trinajstić information content (AvgIpc) is 2.22. The van der Waals surface area contributed by atoms with Crippen LogP contribution in [0.15, 0.2) is 0 Å². The summed E-state index contributed by atoms with van der Waals surface area (Å²) in [5.41, 5.74) is -1.17. The zero-order valence-electron chi connectivity index (χ0n) is 13.6. The van der Waals surface area contributed by atoms with Crippen molar-refractivity contribution < 1.29 is 19.8 Å². The van der Waals surface area contributed by atoms with Crippen LogP contribution in [0.4, 0.5) is 0 Å². The van der Waals surface area contributed by atoms with Crippen molar-refractivity contribution in [1.82, 2.24) is 0 Å². The van der Waals surface area contributed by atoms with Gasteiger partial charge in [0.1, 0.15) is 0 Å². The number of rotatable bonds is 9. The van der Waals surface area contributed by atoms with Crippen molar-refractivity contribution in [3.8, 4) is 0 Å². The largest absolute Gasteiger partial charge is 0.481 e. The molecule has 20 heavy (non-hydrogen) atoms. The molecule has 0 aromatic heterocycles. The molecule has 0 heterocycles. The van der Waals surface area contributed by atoms with Crippen molar-refractivity contribution in [2.75, 3.05) is 0 Å². The molecule has 0 spiro atoms. The molecule has 1 unspecified atom stereocenters. The Balaban J connectivity index is 5.73. The third-order valence-corrected chi connectivity index (χ3v) is 3.64. The summed E-state index contributed by atoms with van der Waals surface area (Å²) in [6.45, 7) is 11.7. The average molecular weight is 286 g/mol. The molecule has 118 valence electrons. The topological polar surface area (TPSA) is 74.6 Å². The summed E-state index contributed by atoms with van der Waals surface area (Å²) >= 11 is 0. The first-order valence-corrected chi connectivity index (χ1v) is 7.49. The Morgan fingerprint density at radius 3 is 1.45 bits per heavy atom. The number of aliphatic carboxylic acids is 2. The van der Waals surface area contributed by atoms with Crippen LogP contribution in [0.3, 0.4) is 0 Å². The van der Waals surface area contributed by atoms with Crippen LogP contribution in [0.2, 0.25) is 0 Å². The molecule has 0 fully saturated rings. The highest BCUT2D eigenvalue weighted by molar-refractivity contribution is 5.83. The van der Waals surface area contributed by atoms with Crippen LogP contribution >= 0.6 is 0 Å². The Morgan fingerprint density at radius 1 is 0.850 bits per heavy atom. The van der Waals surface area contributed by atoms with Gasteiger partial charge >= 0.3 is 11.9 Å². The van der Waals surface area contributed by atoms with E-state index < -0.39 is 23.3 Å². The standard InChI is InChI=1S/C16H30O4/c1-10(2)7-13(14(17)18)16(15(19)20,8-11(3)4)9-12(5)6/h10-13H,7-9H2,1-6H3,(H,17,18)(H,19,20). The highest BCUT2D eigenvalue weighted by atomic mass is 16.4. The summed E-state index contributed by atoms with van der Waals surface area (Å²) in [4.78, 5) is 23.6. The first-order chi connectivity index (χ1) is 9.02. The zero-order valence-corrected chi connectivity index (χ0v) is 13.6. The second-order valence-electron chi connectivity index (χ2n) is 7.18. The summed E-state index contributed by atoms with van der Waals surface area (Å²) in [5, 5.41) is 19.4. The molecule has 0 amide bonds.